The number of hydrogen-bond acceptors (Lipinski definition) is 10. The Balaban J connectivity index is 1.46. The Hall–Kier alpha value is -2.63. The summed E-state index contributed by atoms with van der Waals surface area (Å²) in [5.74, 6) is 1.20. The first kappa shape index (κ1) is 17.5. The first-order valence-corrected chi connectivity index (χ1v) is 9.37. The fourth-order valence-electron chi connectivity index (χ4n) is 3.93. The summed E-state index contributed by atoms with van der Waals surface area (Å²) in [7, 11) is 0. The molecule has 4 heterocycles. The molecular weight excluding hydrogens is 366 g/mol. The number of nitrogens with zero attached hydrogens (tertiary/aromatic N) is 6. The topological polar surface area (TPSA) is 144 Å². The van der Waals surface area contributed by atoms with E-state index in [1.165, 1.54) is 25.5 Å². The zero-order valence-electron chi connectivity index (χ0n) is 15.3. The van der Waals surface area contributed by atoms with Crippen molar-refractivity contribution in [2.75, 3.05) is 5.32 Å². The predicted molar refractivity (Wildman–Crippen MR) is 95.1 cm³/mol. The first-order chi connectivity index (χ1) is 13.6. The van der Waals surface area contributed by atoms with E-state index >= 15 is 0 Å². The molecular formula is C17H21N7O4. The molecule has 5 rings (SSSR count). The molecule has 1 aliphatic heterocycles. The molecule has 0 bridgehead atoms. The second kappa shape index (κ2) is 6.76. The lowest BCUT2D eigenvalue weighted by Crippen LogP contribution is -2.29. The van der Waals surface area contributed by atoms with Crippen LogP contribution in [0.3, 0.4) is 0 Å². The number of aliphatic hydroxyl groups is 2. The van der Waals surface area contributed by atoms with Crippen molar-refractivity contribution in [1.29, 1.82) is 0 Å². The maximum Gasteiger partial charge on any atom is 0.258 e. The largest absolute Gasteiger partial charge is 0.387 e. The minimum Gasteiger partial charge on any atom is -0.387 e. The molecule has 0 aromatic carbocycles. The van der Waals surface area contributed by atoms with Crippen LogP contribution in [-0.4, -0.2) is 58.1 Å². The van der Waals surface area contributed by atoms with Gasteiger partial charge in [-0.3, -0.25) is 4.57 Å². The van der Waals surface area contributed by atoms with Crippen molar-refractivity contribution in [1.82, 2.24) is 29.7 Å². The molecule has 11 heteroatoms. The molecule has 4 atom stereocenters. The van der Waals surface area contributed by atoms with Crippen LogP contribution in [0.2, 0.25) is 0 Å². The molecule has 2 aliphatic rings. The van der Waals surface area contributed by atoms with E-state index < -0.39 is 24.5 Å². The van der Waals surface area contributed by atoms with Crippen LogP contribution < -0.4 is 5.32 Å². The summed E-state index contributed by atoms with van der Waals surface area (Å²) in [6.45, 7) is 1.67. The molecule has 3 aromatic heterocycles. The molecule has 0 radical (unpaired) electrons. The molecule has 1 aliphatic carbocycles. The predicted octanol–water partition coefficient (Wildman–Crippen LogP) is 0.864. The summed E-state index contributed by atoms with van der Waals surface area (Å²) < 4.78 is 12.5. The van der Waals surface area contributed by atoms with Crippen LogP contribution in [-0.2, 0) is 4.74 Å². The van der Waals surface area contributed by atoms with Gasteiger partial charge in [0.15, 0.2) is 35.1 Å². The second-order valence-corrected chi connectivity index (χ2v) is 7.28. The summed E-state index contributed by atoms with van der Waals surface area (Å²) in [4.78, 5) is 17.1. The maximum absolute atomic E-state index is 10.6. The molecule has 28 heavy (non-hydrogen) atoms. The van der Waals surface area contributed by atoms with Crippen molar-refractivity contribution in [3.8, 4) is 0 Å². The third-order valence-electron chi connectivity index (χ3n) is 5.35. The van der Waals surface area contributed by atoms with E-state index in [4.69, 9.17) is 9.26 Å². The van der Waals surface area contributed by atoms with Crippen molar-refractivity contribution in [2.45, 2.75) is 63.2 Å². The van der Waals surface area contributed by atoms with Gasteiger partial charge in [-0.1, -0.05) is 18.0 Å². The number of aryl methyl sites for hydroxylation is 1. The number of aliphatic hydroxyl groups excluding tert-OH is 2. The average molecular weight is 387 g/mol. The minimum absolute atomic E-state index is 0.120. The summed E-state index contributed by atoms with van der Waals surface area (Å²) in [5.41, 5.74) is 1.10. The van der Waals surface area contributed by atoms with E-state index in [2.05, 4.69) is 30.4 Å². The summed E-state index contributed by atoms with van der Waals surface area (Å²) in [6, 6.07) is 0.378. The zero-order valence-corrected chi connectivity index (χ0v) is 15.3. The van der Waals surface area contributed by atoms with E-state index in [1.807, 2.05) is 0 Å². The molecule has 4 unspecified atom stereocenters. The number of nitrogens with one attached hydrogen (secondary N) is 1. The maximum atomic E-state index is 10.6. The van der Waals surface area contributed by atoms with Gasteiger partial charge >= 0.3 is 0 Å². The summed E-state index contributed by atoms with van der Waals surface area (Å²) in [5, 5.41) is 28.1. The Kier molecular flexibility index (Phi) is 4.22. The number of ether oxygens (including phenoxy) is 1. The number of hydrogen-bond donors (Lipinski definition) is 3. The summed E-state index contributed by atoms with van der Waals surface area (Å²) in [6.07, 6.45) is 3.34. The van der Waals surface area contributed by atoms with Gasteiger partial charge in [-0.25, -0.2) is 15.0 Å². The highest BCUT2D eigenvalue weighted by molar-refractivity contribution is 5.82. The highest BCUT2D eigenvalue weighted by atomic mass is 16.6. The van der Waals surface area contributed by atoms with Gasteiger partial charge < -0.3 is 24.8 Å². The molecule has 3 aromatic rings. The van der Waals surface area contributed by atoms with Crippen LogP contribution in [0.1, 0.15) is 49.7 Å². The molecule has 0 spiro atoms. The lowest BCUT2D eigenvalue weighted by atomic mass is 10.1. The van der Waals surface area contributed by atoms with Crippen LogP contribution in [0.5, 0.6) is 0 Å². The van der Waals surface area contributed by atoms with Gasteiger partial charge in [-0.15, -0.1) is 0 Å². The lowest BCUT2D eigenvalue weighted by Gasteiger charge is -2.16. The molecule has 1 saturated carbocycles. The van der Waals surface area contributed by atoms with Crippen molar-refractivity contribution >= 4 is 17.0 Å². The Morgan fingerprint density at radius 3 is 2.71 bits per heavy atom. The van der Waals surface area contributed by atoms with E-state index in [-0.39, 0.29) is 5.89 Å². The highest BCUT2D eigenvalue weighted by Crippen LogP contribution is 2.39. The van der Waals surface area contributed by atoms with Crippen molar-refractivity contribution in [2.24, 2.45) is 0 Å². The van der Waals surface area contributed by atoms with Gasteiger partial charge in [0.25, 0.3) is 5.89 Å². The van der Waals surface area contributed by atoms with Crippen LogP contribution >= 0.6 is 0 Å². The molecule has 1 saturated heterocycles. The zero-order chi connectivity index (χ0) is 19.3. The van der Waals surface area contributed by atoms with E-state index in [1.54, 1.807) is 11.5 Å². The Morgan fingerprint density at radius 1 is 1.14 bits per heavy atom. The smallest absolute Gasteiger partial charge is 0.258 e. The minimum atomic E-state index is -1.22. The normalized spacial score (nSPS) is 28.4. The molecule has 2 fully saturated rings. The highest BCUT2D eigenvalue weighted by Gasteiger charge is 2.47. The average Bonchev–Trinajstić information content (AvgIpc) is 3.46. The molecule has 3 N–H and O–H groups in total. The van der Waals surface area contributed by atoms with E-state index in [0.717, 1.165) is 12.8 Å². The number of fused-ring (bicyclic) bond motifs is 1. The Labute approximate surface area is 159 Å². The van der Waals surface area contributed by atoms with Gasteiger partial charge in [0, 0.05) is 6.04 Å². The van der Waals surface area contributed by atoms with Crippen molar-refractivity contribution in [3.63, 3.8) is 0 Å². The second-order valence-electron chi connectivity index (χ2n) is 7.28. The molecule has 0 amide bonds. The van der Waals surface area contributed by atoms with Crippen LogP contribution in [0.15, 0.2) is 17.2 Å². The number of rotatable bonds is 4. The van der Waals surface area contributed by atoms with Crippen LogP contribution in [0.4, 0.5) is 5.82 Å². The number of aromatic nitrogens is 6. The van der Waals surface area contributed by atoms with E-state index in [0.29, 0.717) is 28.8 Å². The fourth-order valence-corrected chi connectivity index (χ4v) is 3.93. The Morgan fingerprint density at radius 2 is 1.96 bits per heavy atom. The standard InChI is InChI=1S/C17H21N7O4/c1-8-21-16(28-23-8)13-11(25)12(26)17(27-13)24-7-20-10-14(18-6-19-15(10)24)22-9-4-2-3-5-9/h6-7,9,11-13,17,25-26H,2-5H2,1H3,(H,18,19,22). The van der Waals surface area contributed by atoms with Gasteiger partial charge in [-0.05, 0) is 19.8 Å². The SMILES string of the molecule is Cc1noc(C2OC(n3cnc4c(NC5CCCC5)ncnc43)C(O)C2O)n1. The lowest BCUT2D eigenvalue weighted by molar-refractivity contribution is -0.0451. The number of imidazole rings is 1. The fraction of sp³-hybridized carbons (Fsp3) is 0.588. The van der Waals surface area contributed by atoms with E-state index in [9.17, 15) is 10.2 Å². The van der Waals surface area contributed by atoms with Crippen molar-refractivity contribution in [3.05, 3.63) is 24.4 Å². The third-order valence-corrected chi connectivity index (χ3v) is 5.35. The van der Waals surface area contributed by atoms with Gasteiger partial charge in [0.2, 0.25) is 0 Å². The van der Waals surface area contributed by atoms with Crippen molar-refractivity contribution < 1.29 is 19.5 Å². The first-order valence-electron chi connectivity index (χ1n) is 9.37. The Bertz CT molecular complexity index is 983. The molecule has 148 valence electrons. The monoisotopic (exact) mass is 387 g/mol. The number of anilines is 1. The van der Waals surface area contributed by atoms with Gasteiger partial charge in [0.1, 0.15) is 18.5 Å². The molecule has 11 nitrogen and oxygen atoms in total. The van der Waals surface area contributed by atoms with Gasteiger partial charge in [0.05, 0.1) is 6.33 Å². The van der Waals surface area contributed by atoms with Gasteiger partial charge in [-0.2, -0.15) is 4.98 Å². The van der Waals surface area contributed by atoms with Crippen LogP contribution in [0.25, 0.3) is 11.2 Å². The quantitative estimate of drug-likeness (QED) is 0.589. The third kappa shape index (κ3) is 2.82. The summed E-state index contributed by atoms with van der Waals surface area (Å²) >= 11 is 0. The van der Waals surface area contributed by atoms with Crippen LogP contribution in [0, 0.1) is 6.92 Å².